The third-order valence-corrected chi connectivity index (χ3v) is 3.44. The van der Waals surface area contributed by atoms with Gasteiger partial charge in [-0.1, -0.05) is 31.9 Å². The summed E-state index contributed by atoms with van der Waals surface area (Å²) in [6.45, 7) is 7.15. The summed E-state index contributed by atoms with van der Waals surface area (Å²) in [5.41, 5.74) is 4.94. The third kappa shape index (κ3) is 3.44. The summed E-state index contributed by atoms with van der Waals surface area (Å²) in [6, 6.07) is 0.268. The molecule has 0 radical (unpaired) electrons. The first-order chi connectivity index (χ1) is 8.17. The lowest BCUT2D eigenvalue weighted by Crippen LogP contribution is -2.37. The van der Waals surface area contributed by atoms with Crippen molar-refractivity contribution in [2.75, 3.05) is 0 Å². The second-order valence-electron chi connectivity index (χ2n) is 4.23. The van der Waals surface area contributed by atoms with E-state index in [1.807, 2.05) is 4.68 Å². The lowest BCUT2D eigenvalue weighted by molar-refractivity contribution is 0.467. The highest BCUT2D eigenvalue weighted by molar-refractivity contribution is 6.31. The van der Waals surface area contributed by atoms with Crippen molar-refractivity contribution in [1.82, 2.24) is 15.2 Å². The Hall–Kier alpha value is -0.580. The standard InChI is InChI=1S/C12H23ClN4/c1-4-7-9(15-14)8-11-12(13)10(5-2)16-17(11)6-3/h9,15H,4-8,14H2,1-3H3. The smallest absolute Gasteiger partial charge is 0.0850 e. The Kier molecular flexibility index (Phi) is 5.95. The molecular formula is C12H23ClN4. The zero-order valence-corrected chi connectivity index (χ0v) is 11.7. The van der Waals surface area contributed by atoms with E-state index in [1.54, 1.807) is 0 Å². The molecular weight excluding hydrogens is 236 g/mol. The highest BCUT2D eigenvalue weighted by Crippen LogP contribution is 2.23. The molecule has 0 saturated heterocycles. The van der Waals surface area contributed by atoms with Gasteiger partial charge in [-0.05, 0) is 19.8 Å². The number of hydrogen-bond acceptors (Lipinski definition) is 3. The monoisotopic (exact) mass is 258 g/mol. The number of hydrazine groups is 1. The number of aromatic nitrogens is 2. The molecule has 0 saturated carbocycles. The minimum Gasteiger partial charge on any atom is -0.271 e. The highest BCUT2D eigenvalue weighted by atomic mass is 35.5. The van der Waals surface area contributed by atoms with Crippen LogP contribution in [0.15, 0.2) is 0 Å². The molecule has 1 atom stereocenters. The van der Waals surface area contributed by atoms with Crippen molar-refractivity contribution in [2.24, 2.45) is 5.84 Å². The number of aryl methyl sites for hydroxylation is 2. The van der Waals surface area contributed by atoms with Crippen LogP contribution in [0.1, 0.15) is 45.0 Å². The topological polar surface area (TPSA) is 55.9 Å². The van der Waals surface area contributed by atoms with E-state index in [4.69, 9.17) is 17.4 Å². The van der Waals surface area contributed by atoms with E-state index >= 15 is 0 Å². The highest BCUT2D eigenvalue weighted by Gasteiger charge is 2.17. The fraction of sp³-hybridized carbons (Fsp3) is 0.750. The van der Waals surface area contributed by atoms with Crippen LogP contribution >= 0.6 is 11.6 Å². The van der Waals surface area contributed by atoms with Gasteiger partial charge in [0.15, 0.2) is 0 Å². The van der Waals surface area contributed by atoms with Crippen LogP contribution in [0.5, 0.6) is 0 Å². The maximum absolute atomic E-state index is 6.36. The predicted molar refractivity (Wildman–Crippen MR) is 72.0 cm³/mol. The summed E-state index contributed by atoms with van der Waals surface area (Å²) in [5, 5.41) is 5.32. The van der Waals surface area contributed by atoms with Gasteiger partial charge in [-0.15, -0.1) is 0 Å². The largest absolute Gasteiger partial charge is 0.271 e. The number of halogens is 1. The van der Waals surface area contributed by atoms with Crippen LogP contribution < -0.4 is 11.3 Å². The number of nitrogens with zero attached hydrogens (tertiary/aromatic N) is 2. The average Bonchev–Trinajstić information content (AvgIpc) is 2.65. The van der Waals surface area contributed by atoms with Crippen molar-refractivity contribution in [3.05, 3.63) is 16.4 Å². The lowest BCUT2D eigenvalue weighted by atomic mass is 10.1. The molecule has 1 aromatic rings. The van der Waals surface area contributed by atoms with E-state index in [0.29, 0.717) is 0 Å². The minimum atomic E-state index is 0.268. The molecule has 17 heavy (non-hydrogen) atoms. The molecule has 1 rings (SSSR count). The Morgan fingerprint density at radius 1 is 1.41 bits per heavy atom. The van der Waals surface area contributed by atoms with Crippen molar-refractivity contribution < 1.29 is 0 Å². The zero-order chi connectivity index (χ0) is 12.8. The van der Waals surface area contributed by atoms with Crippen LogP contribution in [0, 0.1) is 0 Å². The van der Waals surface area contributed by atoms with Gasteiger partial charge in [0.05, 0.1) is 16.4 Å². The molecule has 0 bridgehead atoms. The van der Waals surface area contributed by atoms with Gasteiger partial charge in [0.1, 0.15) is 0 Å². The third-order valence-electron chi connectivity index (χ3n) is 3.01. The molecule has 0 aromatic carbocycles. The van der Waals surface area contributed by atoms with E-state index < -0.39 is 0 Å². The zero-order valence-electron chi connectivity index (χ0n) is 11.0. The lowest BCUT2D eigenvalue weighted by Gasteiger charge is -2.15. The van der Waals surface area contributed by atoms with Gasteiger partial charge >= 0.3 is 0 Å². The Bertz CT molecular complexity index is 349. The van der Waals surface area contributed by atoms with E-state index in [1.165, 1.54) is 0 Å². The van der Waals surface area contributed by atoms with Crippen molar-refractivity contribution >= 4 is 11.6 Å². The summed E-state index contributed by atoms with van der Waals surface area (Å²) >= 11 is 6.36. The Morgan fingerprint density at radius 3 is 2.59 bits per heavy atom. The second-order valence-corrected chi connectivity index (χ2v) is 4.61. The predicted octanol–water partition coefficient (Wildman–Crippen LogP) is 2.29. The van der Waals surface area contributed by atoms with Gasteiger partial charge in [0.25, 0.3) is 0 Å². The van der Waals surface area contributed by atoms with Gasteiger partial charge in [-0.25, -0.2) is 0 Å². The first kappa shape index (κ1) is 14.5. The molecule has 98 valence electrons. The molecule has 0 spiro atoms. The maximum Gasteiger partial charge on any atom is 0.0850 e. The SMILES string of the molecule is CCCC(Cc1c(Cl)c(CC)nn1CC)NN. The van der Waals surface area contributed by atoms with E-state index in [-0.39, 0.29) is 6.04 Å². The fourth-order valence-electron chi connectivity index (χ4n) is 2.04. The molecule has 0 fully saturated rings. The molecule has 1 heterocycles. The normalized spacial score (nSPS) is 13.0. The Balaban J connectivity index is 2.91. The molecule has 4 nitrogen and oxygen atoms in total. The summed E-state index contributed by atoms with van der Waals surface area (Å²) in [5.74, 6) is 5.56. The first-order valence-electron chi connectivity index (χ1n) is 6.37. The molecule has 1 unspecified atom stereocenters. The van der Waals surface area contributed by atoms with Gasteiger partial charge < -0.3 is 0 Å². The van der Waals surface area contributed by atoms with Gasteiger partial charge in [-0.2, -0.15) is 5.10 Å². The van der Waals surface area contributed by atoms with Crippen LogP contribution in [0.4, 0.5) is 0 Å². The van der Waals surface area contributed by atoms with E-state index in [2.05, 4.69) is 31.3 Å². The molecule has 5 heteroatoms. The van der Waals surface area contributed by atoms with Crippen LogP contribution in [0.25, 0.3) is 0 Å². The number of nitrogens with one attached hydrogen (secondary N) is 1. The average molecular weight is 259 g/mol. The molecule has 0 aliphatic carbocycles. The van der Waals surface area contributed by atoms with E-state index in [0.717, 1.165) is 48.6 Å². The minimum absolute atomic E-state index is 0.268. The van der Waals surface area contributed by atoms with Gasteiger partial charge in [-0.3, -0.25) is 16.0 Å². The Labute approximate surface area is 108 Å². The Morgan fingerprint density at radius 2 is 2.12 bits per heavy atom. The van der Waals surface area contributed by atoms with Crippen LogP contribution in [-0.2, 0) is 19.4 Å². The number of rotatable bonds is 7. The number of hydrogen-bond donors (Lipinski definition) is 2. The number of nitrogens with two attached hydrogens (primary N) is 1. The van der Waals surface area contributed by atoms with Crippen LogP contribution in [0.2, 0.25) is 5.02 Å². The van der Waals surface area contributed by atoms with Gasteiger partial charge in [0.2, 0.25) is 0 Å². The van der Waals surface area contributed by atoms with Crippen molar-refractivity contribution in [3.8, 4) is 0 Å². The maximum atomic E-state index is 6.36. The van der Waals surface area contributed by atoms with Crippen molar-refractivity contribution in [1.29, 1.82) is 0 Å². The summed E-state index contributed by atoms with van der Waals surface area (Å²) < 4.78 is 1.99. The van der Waals surface area contributed by atoms with E-state index in [9.17, 15) is 0 Å². The molecule has 0 amide bonds. The van der Waals surface area contributed by atoms with Crippen molar-refractivity contribution in [2.45, 2.75) is 59.0 Å². The van der Waals surface area contributed by atoms with Gasteiger partial charge in [0, 0.05) is 19.0 Å². The van der Waals surface area contributed by atoms with Crippen LogP contribution in [0.3, 0.4) is 0 Å². The molecule has 0 aliphatic rings. The van der Waals surface area contributed by atoms with Crippen LogP contribution in [-0.4, -0.2) is 15.8 Å². The fourth-order valence-corrected chi connectivity index (χ4v) is 2.38. The summed E-state index contributed by atoms with van der Waals surface area (Å²) in [6.07, 6.45) is 3.86. The summed E-state index contributed by atoms with van der Waals surface area (Å²) in [4.78, 5) is 0. The molecule has 0 aliphatic heterocycles. The molecule has 3 N–H and O–H groups in total. The molecule has 1 aromatic heterocycles. The quantitative estimate of drug-likeness (QED) is 0.583. The summed E-state index contributed by atoms with van der Waals surface area (Å²) in [7, 11) is 0. The first-order valence-corrected chi connectivity index (χ1v) is 6.75. The second kappa shape index (κ2) is 6.99. The van der Waals surface area contributed by atoms with Crippen molar-refractivity contribution in [3.63, 3.8) is 0 Å².